The summed E-state index contributed by atoms with van der Waals surface area (Å²) in [6, 6.07) is 19.4. The lowest BCUT2D eigenvalue weighted by Crippen LogP contribution is -2.38. The molecule has 0 amide bonds. The van der Waals surface area contributed by atoms with Crippen LogP contribution in [0.25, 0.3) is 0 Å². The molecule has 9 nitrogen and oxygen atoms in total. The van der Waals surface area contributed by atoms with Crippen LogP contribution in [-0.4, -0.2) is 29.7 Å². The van der Waals surface area contributed by atoms with Crippen molar-refractivity contribution < 1.29 is 43.4 Å². The molecule has 2 aromatic rings. The molecule has 0 bridgehead atoms. The number of hydrogen-bond donors (Lipinski definition) is 0. The molecule has 0 unspecified atom stereocenters. The number of hydrogen-bond acceptors (Lipinski definition) is 9. The lowest BCUT2D eigenvalue weighted by atomic mass is 9.83. The third-order valence-corrected chi connectivity index (χ3v) is 6.13. The maximum Gasteiger partial charge on any atom is 0.513 e. The van der Waals surface area contributed by atoms with Gasteiger partial charge >= 0.3 is 18.1 Å². The molecule has 2 aromatic carbocycles. The molecule has 0 fully saturated rings. The van der Waals surface area contributed by atoms with Gasteiger partial charge in [-0.15, -0.1) is 9.78 Å². The second-order valence-electron chi connectivity index (χ2n) is 12.0. The lowest BCUT2D eigenvalue weighted by Gasteiger charge is -2.27. The molecule has 0 aliphatic heterocycles. The largest absolute Gasteiger partial charge is 0.513 e. The summed E-state index contributed by atoms with van der Waals surface area (Å²) in [4.78, 5) is 57.5. The summed E-state index contributed by atoms with van der Waals surface area (Å²) >= 11 is 0. The maximum absolute atomic E-state index is 12.5. The van der Waals surface area contributed by atoms with Crippen LogP contribution in [0.1, 0.15) is 80.4 Å². The van der Waals surface area contributed by atoms with Crippen molar-refractivity contribution in [3.63, 3.8) is 0 Å². The van der Waals surface area contributed by atoms with Gasteiger partial charge in [-0.1, -0.05) is 101 Å². The number of ether oxygens (including phenoxy) is 2. The summed E-state index contributed by atoms with van der Waals surface area (Å²) in [6.07, 6.45) is 2.31. The zero-order valence-corrected chi connectivity index (χ0v) is 26.1. The fraction of sp³-hybridized carbons (Fsp3) is 0.424. The summed E-state index contributed by atoms with van der Waals surface area (Å²) in [7, 11) is 0. The van der Waals surface area contributed by atoms with E-state index in [1.165, 1.54) is 27.7 Å². The SMILES string of the molecule is C/C(=C/C(C)(C)c1ccccc1)C(=O)OOC(C)(C)OC(=O)OC(C)(C)OOC(=O)/C(C)=C\C(C)(C)c1ccccc1. The standard InChI is InChI=1S/C33H42O9/c1-23(21-30(3,4)25-17-13-11-14-18-25)27(34)39-41-32(7,8)37-29(36)38-33(9,10)42-40-28(35)24(2)22-31(5,6)26-19-15-12-16-20-26/h11-22H,1-10H3/b23-21-,24-22-. The van der Waals surface area contributed by atoms with Gasteiger partial charge in [0.15, 0.2) is 0 Å². The summed E-state index contributed by atoms with van der Waals surface area (Å²) in [6.45, 7) is 16.5. The van der Waals surface area contributed by atoms with Crippen molar-refractivity contribution in [3.8, 4) is 0 Å². The molecular formula is C33H42O9. The predicted octanol–water partition coefficient (Wildman–Crippen LogP) is 7.41. The Balaban J connectivity index is 1.88. The highest BCUT2D eigenvalue weighted by Gasteiger charge is 2.34. The molecule has 0 radical (unpaired) electrons. The molecule has 0 N–H and O–H groups in total. The van der Waals surface area contributed by atoms with Gasteiger partial charge in [0, 0.05) is 49.7 Å². The smallest absolute Gasteiger partial charge is 0.398 e. The lowest BCUT2D eigenvalue weighted by molar-refractivity contribution is -0.397. The second kappa shape index (κ2) is 13.8. The van der Waals surface area contributed by atoms with E-state index in [1.54, 1.807) is 26.0 Å². The molecule has 0 saturated heterocycles. The van der Waals surface area contributed by atoms with E-state index < -0.39 is 40.5 Å². The van der Waals surface area contributed by atoms with E-state index in [0.29, 0.717) is 11.1 Å². The Labute approximate surface area is 248 Å². The van der Waals surface area contributed by atoms with Crippen molar-refractivity contribution in [2.24, 2.45) is 0 Å². The van der Waals surface area contributed by atoms with Crippen molar-refractivity contribution in [1.82, 2.24) is 0 Å². The first-order chi connectivity index (χ1) is 19.3. The maximum atomic E-state index is 12.5. The van der Waals surface area contributed by atoms with Gasteiger partial charge < -0.3 is 9.47 Å². The van der Waals surface area contributed by atoms with E-state index in [1.807, 2.05) is 88.4 Å². The van der Waals surface area contributed by atoms with Crippen LogP contribution in [0.2, 0.25) is 0 Å². The van der Waals surface area contributed by atoms with Crippen molar-refractivity contribution in [3.05, 3.63) is 95.1 Å². The van der Waals surface area contributed by atoms with Gasteiger partial charge in [-0.3, -0.25) is 9.78 Å². The quantitative estimate of drug-likeness (QED) is 0.0831. The summed E-state index contributed by atoms with van der Waals surface area (Å²) in [5.41, 5.74) is 1.75. The van der Waals surface area contributed by atoms with E-state index in [4.69, 9.17) is 29.0 Å². The molecule has 0 atom stereocenters. The third-order valence-electron chi connectivity index (χ3n) is 6.13. The first-order valence-electron chi connectivity index (χ1n) is 13.6. The van der Waals surface area contributed by atoms with Gasteiger partial charge in [-0.05, 0) is 25.0 Å². The molecule has 0 aliphatic rings. The highest BCUT2D eigenvalue weighted by molar-refractivity contribution is 5.88. The number of carbonyl (C=O) groups is 3. The molecule has 0 aliphatic carbocycles. The fourth-order valence-corrected chi connectivity index (χ4v) is 3.97. The van der Waals surface area contributed by atoms with E-state index >= 15 is 0 Å². The van der Waals surface area contributed by atoms with Crippen LogP contribution in [0, 0.1) is 0 Å². The molecular weight excluding hydrogens is 540 g/mol. The van der Waals surface area contributed by atoms with Crippen LogP contribution in [0.15, 0.2) is 84.0 Å². The van der Waals surface area contributed by atoms with Gasteiger partial charge in [0.05, 0.1) is 0 Å². The molecule has 0 saturated carbocycles. The van der Waals surface area contributed by atoms with Gasteiger partial charge in [-0.25, -0.2) is 14.4 Å². The minimum absolute atomic E-state index is 0.301. The topological polar surface area (TPSA) is 107 Å². The summed E-state index contributed by atoms with van der Waals surface area (Å²) in [5.74, 6) is -4.93. The molecule has 0 spiro atoms. The predicted molar refractivity (Wildman–Crippen MR) is 157 cm³/mol. The second-order valence-corrected chi connectivity index (χ2v) is 12.0. The van der Waals surface area contributed by atoms with E-state index in [-0.39, 0.29) is 0 Å². The van der Waals surface area contributed by atoms with Gasteiger partial charge in [0.25, 0.3) is 11.6 Å². The Bertz CT molecular complexity index is 1190. The van der Waals surface area contributed by atoms with Crippen LogP contribution in [0.3, 0.4) is 0 Å². The monoisotopic (exact) mass is 582 g/mol. The highest BCUT2D eigenvalue weighted by Crippen LogP contribution is 2.28. The first-order valence-corrected chi connectivity index (χ1v) is 13.6. The van der Waals surface area contributed by atoms with Crippen LogP contribution in [0.4, 0.5) is 4.79 Å². The van der Waals surface area contributed by atoms with E-state index in [0.717, 1.165) is 11.1 Å². The fourth-order valence-electron chi connectivity index (χ4n) is 3.97. The minimum Gasteiger partial charge on any atom is -0.398 e. The Kier molecular flexibility index (Phi) is 11.3. The highest BCUT2D eigenvalue weighted by atomic mass is 17.3. The molecule has 0 heterocycles. The van der Waals surface area contributed by atoms with E-state index in [9.17, 15) is 14.4 Å². The number of benzene rings is 2. The van der Waals surface area contributed by atoms with Gasteiger partial charge in [0.1, 0.15) is 0 Å². The van der Waals surface area contributed by atoms with Crippen LogP contribution in [-0.2, 0) is 49.4 Å². The first kappa shape index (κ1) is 34.3. The number of carbonyl (C=O) groups excluding carboxylic acids is 3. The minimum atomic E-state index is -1.71. The van der Waals surface area contributed by atoms with Crippen LogP contribution >= 0.6 is 0 Å². The average molecular weight is 583 g/mol. The van der Waals surface area contributed by atoms with Crippen molar-refractivity contribution >= 4 is 18.1 Å². The Hall–Kier alpha value is -3.95. The Morgan fingerprint density at radius 3 is 1.17 bits per heavy atom. The van der Waals surface area contributed by atoms with Crippen molar-refractivity contribution in [2.75, 3.05) is 0 Å². The van der Waals surface area contributed by atoms with Gasteiger partial charge in [0.2, 0.25) is 0 Å². The Morgan fingerprint density at radius 1 is 0.548 bits per heavy atom. The van der Waals surface area contributed by atoms with Crippen molar-refractivity contribution in [1.29, 1.82) is 0 Å². The summed E-state index contributed by atoms with van der Waals surface area (Å²) < 4.78 is 10.3. The van der Waals surface area contributed by atoms with Gasteiger partial charge in [-0.2, -0.15) is 0 Å². The van der Waals surface area contributed by atoms with Crippen molar-refractivity contribution in [2.45, 2.75) is 91.6 Å². The Morgan fingerprint density at radius 2 is 0.857 bits per heavy atom. The molecule has 9 heteroatoms. The van der Waals surface area contributed by atoms with Crippen LogP contribution < -0.4 is 0 Å². The zero-order valence-electron chi connectivity index (χ0n) is 26.1. The average Bonchev–Trinajstić information content (AvgIpc) is 2.90. The molecule has 228 valence electrons. The molecule has 42 heavy (non-hydrogen) atoms. The van der Waals surface area contributed by atoms with E-state index in [2.05, 4.69) is 0 Å². The number of allylic oxidation sites excluding steroid dienone is 2. The number of rotatable bonds is 12. The zero-order chi connectivity index (χ0) is 31.8. The molecule has 2 rings (SSSR count). The normalized spacial score (nSPS) is 13.3. The molecule has 0 aromatic heterocycles. The summed E-state index contributed by atoms with van der Waals surface area (Å²) in [5, 5.41) is 0. The third kappa shape index (κ3) is 10.8. The van der Waals surface area contributed by atoms with Crippen LogP contribution in [0.5, 0.6) is 0 Å².